The molecule has 2 heterocycles. The van der Waals surface area contributed by atoms with E-state index in [-0.39, 0.29) is 52.7 Å². The maximum atomic E-state index is 13.9. The van der Waals surface area contributed by atoms with Crippen molar-refractivity contribution in [2.75, 3.05) is 27.4 Å². The van der Waals surface area contributed by atoms with Crippen LogP contribution in [0.25, 0.3) is 16.6 Å². The van der Waals surface area contributed by atoms with E-state index in [1.165, 1.54) is 14.2 Å². The minimum atomic E-state index is -1.48. The van der Waals surface area contributed by atoms with Gasteiger partial charge in [-0.3, -0.25) is 4.79 Å². The number of carboxylic acids is 1. The average molecular weight is 541 g/mol. The first kappa shape index (κ1) is 27.6. The molecule has 0 amide bonds. The molecule has 0 saturated heterocycles. The number of ether oxygens (including phenoxy) is 4. The molecular weight excluding hydrogens is 519 g/mol. The number of nitrogens with zero attached hydrogens (tertiary/aromatic N) is 2. The van der Waals surface area contributed by atoms with Gasteiger partial charge in [0.1, 0.15) is 24.2 Å². The van der Waals surface area contributed by atoms with Crippen molar-refractivity contribution in [3.05, 3.63) is 76.9 Å². The zero-order chi connectivity index (χ0) is 25.9. The quantitative estimate of drug-likeness (QED) is 0.174. The Balaban J connectivity index is 0.00000336. The molecule has 1 aliphatic rings. The first-order valence-electron chi connectivity index (χ1n) is 11.3. The van der Waals surface area contributed by atoms with Gasteiger partial charge in [-0.2, -0.15) is 8.75 Å². The molecule has 11 heteroatoms. The molecule has 0 saturated carbocycles. The molecule has 4 aromatic rings. The van der Waals surface area contributed by atoms with Gasteiger partial charge in [-0.1, -0.05) is 12.1 Å². The molecule has 0 fully saturated rings. The number of carbonyl (C=O) groups excluding carboxylic acids is 2. The van der Waals surface area contributed by atoms with Gasteiger partial charge in [0, 0.05) is 23.1 Å². The van der Waals surface area contributed by atoms with E-state index >= 15 is 0 Å². The Morgan fingerprint density at radius 2 is 1.58 bits per heavy atom. The van der Waals surface area contributed by atoms with E-state index in [2.05, 4.69) is 8.75 Å². The number of allylic oxidation sites excluding steroid dienone is 1. The average Bonchev–Trinajstić information content (AvgIpc) is 3.40. The van der Waals surface area contributed by atoms with E-state index in [4.69, 9.17) is 18.9 Å². The monoisotopic (exact) mass is 540 g/mol. The van der Waals surface area contributed by atoms with Crippen molar-refractivity contribution in [1.29, 1.82) is 0 Å². The maximum absolute atomic E-state index is 13.9. The number of carboxylic acid groups (broad SMARTS) is 1. The van der Waals surface area contributed by atoms with Crippen LogP contribution in [0.1, 0.15) is 21.5 Å². The van der Waals surface area contributed by atoms with Gasteiger partial charge in [0.05, 0.1) is 31.9 Å². The van der Waals surface area contributed by atoms with Crippen LogP contribution in [0.2, 0.25) is 0 Å². The van der Waals surface area contributed by atoms with Gasteiger partial charge in [-0.05, 0) is 53.6 Å². The van der Waals surface area contributed by atoms with Crippen molar-refractivity contribution in [3.8, 4) is 23.0 Å². The number of methoxy groups -OCH3 is 2. The summed E-state index contributed by atoms with van der Waals surface area (Å²) in [5.74, 6) is -0.0543. The van der Waals surface area contributed by atoms with Crippen LogP contribution in [0, 0.1) is 0 Å². The summed E-state index contributed by atoms with van der Waals surface area (Å²) in [6.45, 7) is 0.762. The Morgan fingerprint density at radius 1 is 0.868 bits per heavy atom. The number of aliphatic carboxylic acids is 1. The predicted octanol–water partition coefficient (Wildman–Crippen LogP) is 0.113. The number of rotatable bonds is 8. The van der Waals surface area contributed by atoms with Gasteiger partial charge in [-0.25, -0.2) is 0 Å². The number of Topliss-reactive ketones (excluding diaryl/α,β-unsaturated/α-hetero) is 1. The first-order valence-corrected chi connectivity index (χ1v) is 12.0. The second-order valence-electron chi connectivity index (χ2n) is 8.16. The van der Waals surface area contributed by atoms with E-state index in [1.807, 2.05) is 0 Å². The molecule has 0 radical (unpaired) electrons. The summed E-state index contributed by atoms with van der Waals surface area (Å²) in [7, 11) is 3.02. The van der Waals surface area contributed by atoms with Gasteiger partial charge >= 0.3 is 29.6 Å². The van der Waals surface area contributed by atoms with Gasteiger partial charge < -0.3 is 28.8 Å². The number of hydrogen-bond acceptors (Lipinski definition) is 10. The standard InChI is InChI=1S/C27H22N2O7S.Na/c1-33-21-7-3-15(12-23(21)34-2)11-18(26(30)17-5-8-22-24(14-17)36-10-9-35-22)25(27(31)32)16-4-6-19-20(13-16)29-37-28-19;/h3-8,12-14H,9-11H2,1-2H3,(H,31,32);/q;+1/p-1/b25-18+;. The third-order valence-corrected chi connectivity index (χ3v) is 6.51. The fourth-order valence-corrected chi connectivity index (χ4v) is 4.71. The Kier molecular flexibility index (Phi) is 8.68. The van der Waals surface area contributed by atoms with Gasteiger partial charge in [0.15, 0.2) is 28.8 Å². The number of ketones is 1. The van der Waals surface area contributed by atoms with Crippen LogP contribution in [0.3, 0.4) is 0 Å². The van der Waals surface area contributed by atoms with Crippen molar-refractivity contribution < 1.29 is 63.2 Å². The van der Waals surface area contributed by atoms with Crippen LogP contribution in [0.15, 0.2) is 60.2 Å². The number of fused-ring (bicyclic) bond motifs is 2. The molecule has 0 atom stereocenters. The zero-order valence-corrected chi connectivity index (χ0v) is 23.8. The van der Waals surface area contributed by atoms with Crippen LogP contribution in [-0.2, 0) is 11.2 Å². The molecule has 0 bridgehead atoms. The molecular formula is C27H21N2NaO7S. The van der Waals surface area contributed by atoms with Crippen molar-refractivity contribution in [1.82, 2.24) is 8.75 Å². The van der Waals surface area contributed by atoms with Crippen LogP contribution >= 0.6 is 11.7 Å². The Labute approximate surface area is 244 Å². The van der Waals surface area contributed by atoms with Gasteiger partial charge in [0.25, 0.3) is 0 Å². The van der Waals surface area contributed by atoms with Crippen LogP contribution in [-0.4, -0.2) is 47.9 Å². The summed E-state index contributed by atoms with van der Waals surface area (Å²) < 4.78 is 30.3. The van der Waals surface area contributed by atoms with Crippen molar-refractivity contribution in [3.63, 3.8) is 0 Å². The summed E-state index contributed by atoms with van der Waals surface area (Å²) in [6, 6.07) is 14.8. The number of aromatic nitrogens is 2. The minimum Gasteiger partial charge on any atom is -0.545 e. The molecule has 0 N–H and O–H groups in total. The first-order chi connectivity index (χ1) is 18.0. The largest absolute Gasteiger partial charge is 1.00 e. The topological polar surface area (TPSA) is 120 Å². The molecule has 0 unspecified atom stereocenters. The third-order valence-electron chi connectivity index (χ3n) is 5.96. The Bertz CT molecular complexity index is 1550. The second-order valence-corrected chi connectivity index (χ2v) is 8.69. The fourth-order valence-electron chi connectivity index (χ4n) is 4.19. The minimum absolute atomic E-state index is 0. The molecule has 5 rings (SSSR count). The second kappa shape index (κ2) is 12.0. The van der Waals surface area contributed by atoms with E-state index in [1.54, 1.807) is 54.6 Å². The molecule has 3 aromatic carbocycles. The fraction of sp³-hybridized carbons (Fsp3) is 0.185. The SMILES string of the molecule is COc1ccc(C/C(C(=O)c2ccc3c(c2)OCCO3)=C(\C(=O)[O-])c2ccc3nsnc3c2)cc1OC.[Na+]. The molecule has 188 valence electrons. The molecule has 9 nitrogen and oxygen atoms in total. The summed E-state index contributed by atoms with van der Waals surface area (Å²) in [5.41, 5.74) is 2.16. The van der Waals surface area contributed by atoms with Gasteiger partial charge in [-0.15, -0.1) is 0 Å². The number of carbonyl (C=O) groups is 2. The number of benzene rings is 3. The molecule has 0 aliphatic carbocycles. The summed E-state index contributed by atoms with van der Waals surface area (Å²) in [5, 5.41) is 12.6. The van der Waals surface area contributed by atoms with Crippen LogP contribution in [0.5, 0.6) is 23.0 Å². The van der Waals surface area contributed by atoms with Crippen molar-refractivity contribution >= 4 is 40.1 Å². The van der Waals surface area contributed by atoms with E-state index in [0.29, 0.717) is 58.4 Å². The normalized spacial score (nSPS) is 12.8. The van der Waals surface area contributed by atoms with Crippen molar-refractivity contribution in [2.24, 2.45) is 0 Å². The third kappa shape index (κ3) is 5.53. The molecule has 38 heavy (non-hydrogen) atoms. The maximum Gasteiger partial charge on any atom is 1.00 e. The summed E-state index contributed by atoms with van der Waals surface area (Å²) in [4.78, 5) is 26.5. The van der Waals surface area contributed by atoms with E-state index < -0.39 is 11.8 Å². The molecule has 0 spiro atoms. The Morgan fingerprint density at radius 3 is 2.32 bits per heavy atom. The van der Waals surface area contributed by atoms with E-state index in [9.17, 15) is 14.7 Å². The molecule has 1 aliphatic heterocycles. The Hall–Kier alpha value is -3.44. The zero-order valence-electron chi connectivity index (χ0n) is 21.0. The van der Waals surface area contributed by atoms with E-state index in [0.717, 1.165) is 11.7 Å². The van der Waals surface area contributed by atoms with Crippen molar-refractivity contribution in [2.45, 2.75) is 6.42 Å². The van der Waals surface area contributed by atoms with Gasteiger partial charge in [0.2, 0.25) is 0 Å². The number of hydrogen-bond donors (Lipinski definition) is 0. The van der Waals surface area contributed by atoms with Crippen LogP contribution < -0.4 is 53.6 Å². The summed E-state index contributed by atoms with van der Waals surface area (Å²) in [6.07, 6.45) is -0.00963. The molecule has 1 aromatic heterocycles. The predicted molar refractivity (Wildman–Crippen MR) is 134 cm³/mol. The smallest absolute Gasteiger partial charge is 0.545 e. The van der Waals surface area contributed by atoms with Crippen LogP contribution in [0.4, 0.5) is 0 Å². The summed E-state index contributed by atoms with van der Waals surface area (Å²) >= 11 is 1.02.